The first-order valence-electron chi connectivity index (χ1n) is 7.93. The summed E-state index contributed by atoms with van der Waals surface area (Å²) in [5.74, 6) is -0.397. The minimum atomic E-state index is -0.530. The lowest BCUT2D eigenvalue weighted by Crippen LogP contribution is -2.20. The Bertz CT molecular complexity index is 937. The number of benzene rings is 2. The minimum absolute atomic E-state index is 0.137. The number of amides is 1. The minimum Gasteiger partial charge on any atom is -0.379 e. The number of rotatable bonds is 6. The zero-order valence-corrected chi connectivity index (χ0v) is 14.0. The molecule has 1 heterocycles. The van der Waals surface area contributed by atoms with Crippen LogP contribution in [0.15, 0.2) is 60.8 Å². The summed E-state index contributed by atoms with van der Waals surface area (Å²) in [5, 5.41) is 21.0. The van der Waals surface area contributed by atoms with Crippen LogP contribution in [0.3, 0.4) is 0 Å². The predicted octanol–water partition coefficient (Wildman–Crippen LogP) is 2.75. The fourth-order valence-corrected chi connectivity index (χ4v) is 2.49. The van der Waals surface area contributed by atoms with Crippen LogP contribution in [0, 0.1) is 10.1 Å². The molecule has 2 aromatic carbocycles. The van der Waals surface area contributed by atoms with Crippen LogP contribution in [-0.4, -0.2) is 27.7 Å². The quantitative estimate of drug-likeness (QED) is 0.525. The van der Waals surface area contributed by atoms with E-state index in [1.54, 1.807) is 4.68 Å². The molecule has 0 radical (unpaired) electrons. The van der Waals surface area contributed by atoms with E-state index in [1.165, 1.54) is 25.2 Å². The number of carbonyl (C=O) groups is 1. The van der Waals surface area contributed by atoms with Crippen molar-refractivity contribution in [2.24, 2.45) is 0 Å². The second kappa shape index (κ2) is 7.47. The molecule has 3 rings (SSSR count). The number of para-hydroxylation sites is 1. The zero-order valence-electron chi connectivity index (χ0n) is 14.0. The van der Waals surface area contributed by atoms with Crippen LogP contribution in [0.5, 0.6) is 0 Å². The van der Waals surface area contributed by atoms with E-state index in [9.17, 15) is 14.9 Å². The fraction of sp³-hybridized carbons (Fsp3) is 0.111. The Labute approximate surface area is 149 Å². The highest BCUT2D eigenvalue weighted by molar-refractivity contribution is 6.00. The van der Waals surface area contributed by atoms with E-state index in [4.69, 9.17) is 0 Å². The summed E-state index contributed by atoms with van der Waals surface area (Å²) in [6.45, 7) is 0.377. The third-order valence-corrected chi connectivity index (χ3v) is 3.81. The summed E-state index contributed by atoms with van der Waals surface area (Å²) in [6, 6.07) is 15.7. The Balaban J connectivity index is 1.78. The number of nitro groups is 1. The monoisotopic (exact) mass is 351 g/mol. The Kier molecular flexibility index (Phi) is 4.93. The standard InChI is InChI=1S/C18H17N5O3/c1-19-18(24)16-11-15(23(25)26)7-8-17(16)20-12-13-9-10-22(21-13)14-5-3-2-4-6-14/h2-11,20H,12H2,1H3,(H,19,24). The first-order chi connectivity index (χ1) is 12.6. The van der Waals surface area contributed by atoms with Gasteiger partial charge in [-0.25, -0.2) is 4.68 Å². The molecule has 26 heavy (non-hydrogen) atoms. The average molecular weight is 351 g/mol. The Morgan fingerprint density at radius 1 is 1.19 bits per heavy atom. The number of aromatic nitrogens is 2. The predicted molar refractivity (Wildman–Crippen MR) is 97.4 cm³/mol. The van der Waals surface area contributed by atoms with Gasteiger partial charge in [-0.1, -0.05) is 18.2 Å². The van der Waals surface area contributed by atoms with E-state index in [2.05, 4.69) is 15.7 Å². The molecule has 132 valence electrons. The third-order valence-electron chi connectivity index (χ3n) is 3.81. The molecule has 3 aromatic rings. The van der Waals surface area contributed by atoms with Crippen LogP contribution in [0.2, 0.25) is 0 Å². The molecule has 0 spiro atoms. The lowest BCUT2D eigenvalue weighted by molar-refractivity contribution is -0.384. The molecule has 0 atom stereocenters. The molecule has 1 aromatic heterocycles. The molecule has 0 fully saturated rings. The summed E-state index contributed by atoms with van der Waals surface area (Å²) in [6.07, 6.45) is 1.85. The van der Waals surface area contributed by atoms with Crippen molar-refractivity contribution in [3.63, 3.8) is 0 Å². The molecular formula is C18H17N5O3. The van der Waals surface area contributed by atoms with Crippen molar-refractivity contribution in [2.75, 3.05) is 12.4 Å². The lowest BCUT2D eigenvalue weighted by Gasteiger charge is -2.10. The maximum atomic E-state index is 12.0. The largest absolute Gasteiger partial charge is 0.379 e. The van der Waals surface area contributed by atoms with E-state index < -0.39 is 10.8 Å². The van der Waals surface area contributed by atoms with Gasteiger partial charge in [-0.3, -0.25) is 14.9 Å². The van der Waals surface area contributed by atoms with Crippen molar-refractivity contribution in [3.05, 3.63) is 82.2 Å². The van der Waals surface area contributed by atoms with Crippen molar-refractivity contribution in [3.8, 4) is 5.69 Å². The summed E-state index contributed by atoms with van der Waals surface area (Å²) in [7, 11) is 1.48. The molecule has 0 saturated heterocycles. The van der Waals surface area contributed by atoms with E-state index >= 15 is 0 Å². The van der Waals surface area contributed by atoms with Crippen molar-refractivity contribution >= 4 is 17.3 Å². The molecule has 8 nitrogen and oxygen atoms in total. The van der Waals surface area contributed by atoms with Gasteiger partial charge in [0.1, 0.15) is 0 Å². The highest BCUT2D eigenvalue weighted by Gasteiger charge is 2.16. The van der Waals surface area contributed by atoms with Crippen LogP contribution in [0.4, 0.5) is 11.4 Å². The molecule has 8 heteroatoms. The van der Waals surface area contributed by atoms with Crippen LogP contribution in [-0.2, 0) is 6.54 Å². The van der Waals surface area contributed by atoms with Gasteiger partial charge >= 0.3 is 0 Å². The first kappa shape index (κ1) is 17.2. The van der Waals surface area contributed by atoms with E-state index in [0.29, 0.717) is 12.2 Å². The summed E-state index contributed by atoms with van der Waals surface area (Å²) in [4.78, 5) is 22.4. The maximum absolute atomic E-state index is 12.0. The van der Waals surface area contributed by atoms with Crippen LogP contribution in [0.1, 0.15) is 16.1 Å². The van der Waals surface area contributed by atoms with E-state index in [-0.39, 0.29) is 11.3 Å². The van der Waals surface area contributed by atoms with E-state index in [0.717, 1.165) is 11.4 Å². The van der Waals surface area contributed by atoms with Crippen molar-refractivity contribution in [1.29, 1.82) is 0 Å². The average Bonchev–Trinajstić information content (AvgIpc) is 3.15. The topological polar surface area (TPSA) is 102 Å². The number of non-ortho nitro benzene ring substituents is 1. The van der Waals surface area contributed by atoms with Crippen LogP contribution < -0.4 is 10.6 Å². The second-order valence-electron chi connectivity index (χ2n) is 5.51. The smallest absolute Gasteiger partial charge is 0.270 e. The van der Waals surface area contributed by atoms with Gasteiger partial charge in [0, 0.05) is 31.1 Å². The highest BCUT2D eigenvalue weighted by atomic mass is 16.6. The lowest BCUT2D eigenvalue weighted by atomic mass is 10.1. The van der Waals surface area contributed by atoms with Gasteiger partial charge in [0.2, 0.25) is 0 Å². The molecule has 1 amide bonds. The Hall–Kier alpha value is -3.68. The van der Waals surface area contributed by atoms with Crippen molar-refractivity contribution in [1.82, 2.24) is 15.1 Å². The fourth-order valence-electron chi connectivity index (χ4n) is 2.49. The second-order valence-corrected chi connectivity index (χ2v) is 5.51. The van der Waals surface area contributed by atoms with Gasteiger partial charge in [-0.05, 0) is 24.3 Å². The Morgan fingerprint density at radius 3 is 2.65 bits per heavy atom. The van der Waals surface area contributed by atoms with Gasteiger partial charge in [0.05, 0.1) is 28.4 Å². The molecule has 0 saturated carbocycles. The van der Waals surface area contributed by atoms with Crippen molar-refractivity contribution < 1.29 is 9.72 Å². The third kappa shape index (κ3) is 3.69. The summed E-state index contributed by atoms with van der Waals surface area (Å²) < 4.78 is 1.76. The number of hydrogen-bond acceptors (Lipinski definition) is 5. The number of anilines is 1. The molecule has 0 aliphatic rings. The number of nitro benzene ring substituents is 1. The highest BCUT2D eigenvalue weighted by Crippen LogP contribution is 2.22. The van der Waals surface area contributed by atoms with Gasteiger partial charge < -0.3 is 10.6 Å². The molecule has 0 aliphatic carbocycles. The maximum Gasteiger partial charge on any atom is 0.270 e. The van der Waals surface area contributed by atoms with Gasteiger partial charge in [-0.15, -0.1) is 0 Å². The van der Waals surface area contributed by atoms with Crippen LogP contribution in [0.25, 0.3) is 5.69 Å². The first-order valence-corrected chi connectivity index (χ1v) is 7.93. The van der Waals surface area contributed by atoms with Crippen molar-refractivity contribution in [2.45, 2.75) is 6.54 Å². The zero-order chi connectivity index (χ0) is 18.5. The van der Waals surface area contributed by atoms with Crippen LogP contribution >= 0.6 is 0 Å². The van der Waals surface area contributed by atoms with E-state index in [1.807, 2.05) is 42.6 Å². The molecule has 2 N–H and O–H groups in total. The molecular weight excluding hydrogens is 334 g/mol. The Morgan fingerprint density at radius 2 is 1.96 bits per heavy atom. The number of nitrogens with zero attached hydrogens (tertiary/aromatic N) is 3. The number of carbonyl (C=O) groups excluding carboxylic acids is 1. The van der Waals surface area contributed by atoms with Gasteiger partial charge in [0.15, 0.2) is 0 Å². The molecule has 0 unspecified atom stereocenters. The number of nitrogens with one attached hydrogen (secondary N) is 2. The summed E-state index contributed by atoms with van der Waals surface area (Å²) >= 11 is 0. The van der Waals surface area contributed by atoms with Gasteiger partial charge in [-0.2, -0.15) is 5.10 Å². The summed E-state index contributed by atoms with van der Waals surface area (Å²) in [5.41, 5.74) is 2.30. The normalized spacial score (nSPS) is 10.3. The number of hydrogen-bond donors (Lipinski definition) is 2. The SMILES string of the molecule is CNC(=O)c1cc([N+](=O)[O-])ccc1NCc1ccn(-c2ccccc2)n1. The molecule has 0 bridgehead atoms. The molecule has 0 aliphatic heterocycles. The van der Waals surface area contributed by atoms with Gasteiger partial charge in [0.25, 0.3) is 11.6 Å².